The second-order valence-corrected chi connectivity index (χ2v) is 7.92. The zero-order chi connectivity index (χ0) is 22.1. The fourth-order valence-electron chi connectivity index (χ4n) is 3.29. The Morgan fingerprint density at radius 3 is 2.48 bits per heavy atom. The van der Waals surface area contributed by atoms with E-state index in [1.54, 1.807) is 12.1 Å². The van der Waals surface area contributed by atoms with Gasteiger partial charge in [-0.1, -0.05) is 54.1 Å². The Kier molecular flexibility index (Phi) is 8.74. The monoisotopic (exact) mass is 441 g/mol. The maximum atomic E-state index is 14.0. The molecule has 0 bridgehead atoms. The normalized spacial score (nSPS) is 11.9. The molecule has 0 aromatic heterocycles. The number of ether oxygens (including phenoxy) is 2. The molecule has 0 aliphatic rings. The molecule has 31 heavy (non-hydrogen) atoms. The molecule has 0 radical (unpaired) electrons. The lowest BCUT2D eigenvalue weighted by Gasteiger charge is -2.16. The van der Waals surface area contributed by atoms with E-state index < -0.39 is 0 Å². The largest absolute Gasteiger partial charge is 0.490 e. The molecule has 0 saturated heterocycles. The maximum absolute atomic E-state index is 14.0. The lowest BCUT2D eigenvalue weighted by molar-refractivity contribution is 0.265. The molecular weight excluding hydrogens is 413 g/mol. The topological polar surface area (TPSA) is 30.5 Å². The molecule has 0 aliphatic carbocycles. The fraction of sp³-hybridized carbons (Fsp3) is 0.308. The summed E-state index contributed by atoms with van der Waals surface area (Å²) in [7, 11) is 0. The van der Waals surface area contributed by atoms with Crippen molar-refractivity contribution in [1.29, 1.82) is 0 Å². The number of rotatable bonds is 11. The van der Waals surface area contributed by atoms with Crippen LogP contribution in [-0.4, -0.2) is 12.6 Å². The minimum atomic E-state index is -0.379. The standard InChI is InChI=1S/C26H29ClFNO2/c1-3-30-26-16-21(17-29-19(2)12-13-20-8-5-4-6-9-20)14-15-25(26)31-18-22-23(27)10-7-11-24(22)28/h4-11,14-16,19,29H,3,12-13,17-18H2,1-2H3. The van der Waals surface area contributed by atoms with Gasteiger partial charge in [0, 0.05) is 18.2 Å². The van der Waals surface area contributed by atoms with E-state index in [0.717, 1.165) is 24.9 Å². The molecule has 0 amide bonds. The lowest BCUT2D eigenvalue weighted by Crippen LogP contribution is -2.26. The van der Waals surface area contributed by atoms with Crippen LogP contribution < -0.4 is 14.8 Å². The molecule has 1 unspecified atom stereocenters. The van der Waals surface area contributed by atoms with Crippen LogP contribution in [-0.2, 0) is 19.6 Å². The molecule has 3 rings (SSSR count). The first-order valence-corrected chi connectivity index (χ1v) is 11.0. The molecule has 3 aromatic rings. The highest BCUT2D eigenvalue weighted by molar-refractivity contribution is 6.31. The van der Waals surface area contributed by atoms with Gasteiger partial charge in [0.25, 0.3) is 0 Å². The zero-order valence-corrected chi connectivity index (χ0v) is 18.8. The first-order chi connectivity index (χ1) is 15.1. The quantitative estimate of drug-likeness (QED) is 0.365. The molecule has 5 heteroatoms. The Labute approximate surface area is 189 Å². The fourth-order valence-corrected chi connectivity index (χ4v) is 3.51. The van der Waals surface area contributed by atoms with E-state index in [1.807, 2.05) is 31.2 Å². The van der Waals surface area contributed by atoms with E-state index >= 15 is 0 Å². The molecule has 0 heterocycles. The van der Waals surface area contributed by atoms with E-state index in [-0.39, 0.29) is 12.4 Å². The van der Waals surface area contributed by atoms with E-state index in [1.165, 1.54) is 11.6 Å². The summed E-state index contributed by atoms with van der Waals surface area (Å²) in [5, 5.41) is 3.92. The van der Waals surface area contributed by atoms with Crippen molar-refractivity contribution in [2.24, 2.45) is 0 Å². The Hall–Kier alpha value is -2.56. The summed E-state index contributed by atoms with van der Waals surface area (Å²) in [6, 6.07) is 21.3. The van der Waals surface area contributed by atoms with Crippen LogP contribution >= 0.6 is 11.6 Å². The Balaban J connectivity index is 1.57. The smallest absolute Gasteiger partial charge is 0.161 e. The summed E-state index contributed by atoms with van der Waals surface area (Å²) in [4.78, 5) is 0. The third-order valence-corrected chi connectivity index (χ3v) is 5.46. The predicted octanol–water partition coefficient (Wildman–Crippen LogP) is 6.57. The van der Waals surface area contributed by atoms with Crippen molar-refractivity contribution in [3.8, 4) is 11.5 Å². The third-order valence-electron chi connectivity index (χ3n) is 5.11. The molecule has 1 atom stereocenters. The van der Waals surface area contributed by atoms with Gasteiger partial charge in [-0.2, -0.15) is 0 Å². The Bertz CT molecular complexity index is 945. The molecule has 0 fully saturated rings. The first kappa shape index (κ1) is 23.1. The van der Waals surface area contributed by atoms with Crippen LogP contribution in [0.4, 0.5) is 4.39 Å². The van der Waals surface area contributed by atoms with Gasteiger partial charge < -0.3 is 14.8 Å². The molecule has 0 spiro atoms. The van der Waals surface area contributed by atoms with Crippen LogP contribution in [0.5, 0.6) is 11.5 Å². The highest BCUT2D eigenvalue weighted by atomic mass is 35.5. The number of halogens is 2. The second kappa shape index (κ2) is 11.7. The summed E-state index contributed by atoms with van der Waals surface area (Å²) >= 11 is 6.10. The number of hydrogen-bond acceptors (Lipinski definition) is 3. The van der Waals surface area contributed by atoms with Crippen LogP contribution in [0.1, 0.15) is 37.0 Å². The molecule has 3 nitrogen and oxygen atoms in total. The van der Waals surface area contributed by atoms with Gasteiger partial charge in [-0.25, -0.2) is 4.39 Å². The van der Waals surface area contributed by atoms with E-state index in [0.29, 0.717) is 34.7 Å². The molecule has 0 saturated carbocycles. The minimum absolute atomic E-state index is 0.0414. The molecule has 0 aliphatic heterocycles. The number of aryl methyl sites for hydroxylation is 1. The van der Waals surface area contributed by atoms with Crippen molar-refractivity contribution >= 4 is 11.6 Å². The average Bonchev–Trinajstić information content (AvgIpc) is 2.78. The van der Waals surface area contributed by atoms with Gasteiger partial charge in [-0.3, -0.25) is 0 Å². The van der Waals surface area contributed by atoms with Crippen molar-refractivity contribution in [3.05, 3.63) is 94.3 Å². The summed E-state index contributed by atoms with van der Waals surface area (Å²) in [6.45, 7) is 5.41. The minimum Gasteiger partial charge on any atom is -0.490 e. The maximum Gasteiger partial charge on any atom is 0.161 e. The van der Waals surface area contributed by atoms with Crippen LogP contribution in [0.2, 0.25) is 5.02 Å². The van der Waals surface area contributed by atoms with Gasteiger partial charge in [0.15, 0.2) is 11.5 Å². The highest BCUT2D eigenvalue weighted by Crippen LogP contribution is 2.30. The van der Waals surface area contributed by atoms with Crippen molar-refractivity contribution in [2.75, 3.05) is 6.61 Å². The number of hydrogen-bond donors (Lipinski definition) is 1. The highest BCUT2D eigenvalue weighted by Gasteiger charge is 2.12. The molecule has 3 aromatic carbocycles. The van der Waals surface area contributed by atoms with Gasteiger partial charge >= 0.3 is 0 Å². The van der Waals surface area contributed by atoms with Gasteiger partial charge in [-0.15, -0.1) is 0 Å². The Morgan fingerprint density at radius 2 is 1.74 bits per heavy atom. The predicted molar refractivity (Wildman–Crippen MR) is 124 cm³/mol. The van der Waals surface area contributed by atoms with Crippen LogP contribution in [0.15, 0.2) is 66.7 Å². The first-order valence-electron chi connectivity index (χ1n) is 10.7. The van der Waals surface area contributed by atoms with E-state index in [2.05, 4.69) is 36.5 Å². The van der Waals surface area contributed by atoms with Crippen molar-refractivity contribution in [1.82, 2.24) is 5.32 Å². The SMILES string of the molecule is CCOc1cc(CNC(C)CCc2ccccc2)ccc1OCc1c(F)cccc1Cl. The van der Waals surface area contributed by atoms with E-state index in [9.17, 15) is 4.39 Å². The summed E-state index contributed by atoms with van der Waals surface area (Å²) in [5.74, 6) is 0.837. The average molecular weight is 442 g/mol. The second-order valence-electron chi connectivity index (χ2n) is 7.51. The number of benzene rings is 3. The Morgan fingerprint density at radius 1 is 0.935 bits per heavy atom. The van der Waals surface area contributed by atoms with Gasteiger partial charge in [0.2, 0.25) is 0 Å². The number of nitrogens with one attached hydrogen (secondary N) is 1. The summed E-state index contributed by atoms with van der Waals surface area (Å²) in [6.07, 6.45) is 2.11. The van der Waals surface area contributed by atoms with Crippen molar-refractivity contribution in [2.45, 2.75) is 45.9 Å². The van der Waals surface area contributed by atoms with Gasteiger partial charge in [-0.05, 0) is 62.1 Å². The summed E-state index contributed by atoms with van der Waals surface area (Å²) < 4.78 is 25.6. The molecular formula is C26H29ClFNO2. The summed E-state index contributed by atoms with van der Waals surface area (Å²) in [5.41, 5.74) is 2.79. The van der Waals surface area contributed by atoms with Gasteiger partial charge in [0.05, 0.1) is 11.6 Å². The van der Waals surface area contributed by atoms with Crippen molar-refractivity contribution < 1.29 is 13.9 Å². The molecule has 164 valence electrons. The van der Waals surface area contributed by atoms with Crippen LogP contribution in [0.25, 0.3) is 0 Å². The third kappa shape index (κ3) is 6.98. The van der Waals surface area contributed by atoms with Gasteiger partial charge in [0.1, 0.15) is 12.4 Å². The molecule has 1 N–H and O–H groups in total. The van der Waals surface area contributed by atoms with Crippen molar-refractivity contribution in [3.63, 3.8) is 0 Å². The lowest BCUT2D eigenvalue weighted by atomic mass is 10.1. The van der Waals surface area contributed by atoms with Crippen LogP contribution in [0.3, 0.4) is 0 Å². The van der Waals surface area contributed by atoms with E-state index in [4.69, 9.17) is 21.1 Å². The zero-order valence-electron chi connectivity index (χ0n) is 18.0. The van der Waals surface area contributed by atoms with Crippen LogP contribution in [0, 0.1) is 5.82 Å².